The number of amides is 1. The number of rotatable bonds is 3. The summed E-state index contributed by atoms with van der Waals surface area (Å²) >= 11 is 1.34. The van der Waals surface area contributed by atoms with Crippen molar-refractivity contribution in [3.63, 3.8) is 0 Å². The standard InChI is InChI=1S/C17H12FN5OS/c1-10-9-25-17(21-10)22-16(24)13-7-11(8-23-6-5-20-15(13)23)12-3-2-4-19-14(12)18/h2-9H,1H3,(H,21,22,24). The van der Waals surface area contributed by atoms with Gasteiger partial charge in [0, 0.05) is 41.3 Å². The van der Waals surface area contributed by atoms with Gasteiger partial charge < -0.3 is 4.40 Å². The van der Waals surface area contributed by atoms with Crippen LogP contribution < -0.4 is 5.32 Å². The van der Waals surface area contributed by atoms with E-state index in [1.165, 1.54) is 17.5 Å². The molecule has 0 bridgehead atoms. The lowest BCUT2D eigenvalue weighted by atomic mass is 10.1. The molecule has 124 valence electrons. The first-order valence-corrected chi connectivity index (χ1v) is 8.31. The van der Waals surface area contributed by atoms with Crippen LogP contribution in [0.3, 0.4) is 0 Å². The Bertz CT molecular complexity index is 1090. The van der Waals surface area contributed by atoms with Gasteiger partial charge >= 0.3 is 0 Å². The highest BCUT2D eigenvalue weighted by Crippen LogP contribution is 2.25. The van der Waals surface area contributed by atoms with E-state index in [9.17, 15) is 9.18 Å². The molecule has 0 fully saturated rings. The average molecular weight is 353 g/mol. The van der Waals surface area contributed by atoms with Crippen LogP contribution in [0.4, 0.5) is 9.52 Å². The maximum absolute atomic E-state index is 14.0. The van der Waals surface area contributed by atoms with Crippen molar-refractivity contribution in [1.29, 1.82) is 0 Å². The molecule has 6 nitrogen and oxygen atoms in total. The second-order valence-corrected chi connectivity index (χ2v) is 6.25. The van der Waals surface area contributed by atoms with E-state index in [4.69, 9.17) is 0 Å². The topological polar surface area (TPSA) is 72.2 Å². The van der Waals surface area contributed by atoms with Crippen molar-refractivity contribution in [3.8, 4) is 11.1 Å². The van der Waals surface area contributed by atoms with E-state index >= 15 is 0 Å². The van der Waals surface area contributed by atoms with Crippen molar-refractivity contribution < 1.29 is 9.18 Å². The Morgan fingerprint density at radius 2 is 2.20 bits per heavy atom. The first kappa shape index (κ1) is 15.4. The molecule has 1 N–H and O–H groups in total. The Kier molecular flexibility index (Phi) is 3.73. The first-order valence-electron chi connectivity index (χ1n) is 7.43. The number of pyridine rings is 2. The van der Waals surface area contributed by atoms with Crippen LogP contribution in [-0.2, 0) is 0 Å². The van der Waals surface area contributed by atoms with Gasteiger partial charge in [-0.2, -0.15) is 4.39 Å². The van der Waals surface area contributed by atoms with Gasteiger partial charge in [0.15, 0.2) is 5.13 Å². The van der Waals surface area contributed by atoms with Crippen LogP contribution in [0.2, 0.25) is 0 Å². The summed E-state index contributed by atoms with van der Waals surface area (Å²) in [6.07, 6.45) is 6.39. The van der Waals surface area contributed by atoms with Crippen LogP contribution in [0.1, 0.15) is 16.1 Å². The highest BCUT2D eigenvalue weighted by molar-refractivity contribution is 7.13. The summed E-state index contributed by atoms with van der Waals surface area (Å²) in [6.45, 7) is 1.85. The minimum atomic E-state index is -0.594. The Hall–Kier alpha value is -3.13. The molecule has 25 heavy (non-hydrogen) atoms. The van der Waals surface area contributed by atoms with E-state index in [2.05, 4.69) is 20.3 Å². The molecule has 0 spiro atoms. The fourth-order valence-corrected chi connectivity index (χ4v) is 3.21. The Morgan fingerprint density at radius 1 is 1.32 bits per heavy atom. The third-order valence-electron chi connectivity index (χ3n) is 3.64. The molecule has 0 unspecified atom stereocenters. The molecular weight excluding hydrogens is 341 g/mol. The summed E-state index contributed by atoms with van der Waals surface area (Å²) in [5.41, 5.74) is 2.50. The monoisotopic (exact) mass is 353 g/mol. The number of carbonyl (C=O) groups is 1. The molecule has 4 aromatic heterocycles. The van der Waals surface area contributed by atoms with E-state index in [1.54, 1.807) is 41.2 Å². The van der Waals surface area contributed by atoms with Gasteiger partial charge in [0.1, 0.15) is 5.65 Å². The van der Waals surface area contributed by atoms with Crippen LogP contribution in [0.15, 0.2) is 48.4 Å². The number of imidazole rings is 1. The number of nitrogens with zero attached hydrogens (tertiary/aromatic N) is 4. The van der Waals surface area contributed by atoms with Crippen molar-refractivity contribution >= 4 is 28.0 Å². The molecule has 0 aromatic carbocycles. The minimum Gasteiger partial charge on any atom is -0.306 e. The smallest absolute Gasteiger partial charge is 0.261 e. The zero-order valence-electron chi connectivity index (χ0n) is 13.1. The molecule has 0 aliphatic carbocycles. The maximum Gasteiger partial charge on any atom is 0.261 e. The number of nitrogens with one attached hydrogen (secondary N) is 1. The SMILES string of the molecule is Cc1csc(NC(=O)c2cc(-c3cccnc3F)cn3ccnc23)n1. The molecule has 0 radical (unpaired) electrons. The number of aryl methyl sites for hydroxylation is 1. The molecule has 0 aliphatic rings. The number of thiazole rings is 1. The quantitative estimate of drug-likeness (QED) is 0.572. The molecule has 1 amide bonds. The predicted molar refractivity (Wildman–Crippen MR) is 93.2 cm³/mol. The highest BCUT2D eigenvalue weighted by atomic mass is 32.1. The zero-order valence-corrected chi connectivity index (χ0v) is 13.9. The largest absolute Gasteiger partial charge is 0.306 e. The van der Waals surface area contributed by atoms with E-state index in [-0.39, 0.29) is 5.91 Å². The van der Waals surface area contributed by atoms with Crippen LogP contribution in [-0.4, -0.2) is 25.3 Å². The number of aromatic nitrogens is 4. The normalized spacial score (nSPS) is 11.0. The summed E-state index contributed by atoms with van der Waals surface area (Å²) in [5, 5.41) is 5.11. The molecule has 8 heteroatoms. The Morgan fingerprint density at radius 3 is 2.96 bits per heavy atom. The zero-order chi connectivity index (χ0) is 17.4. The number of halogens is 1. The number of hydrogen-bond donors (Lipinski definition) is 1. The van der Waals surface area contributed by atoms with Gasteiger partial charge in [-0.3, -0.25) is 10.1 Å². The third kappa shape index (κ3) is 2.87. The average Bonchev–Trinajstić information content (AvgIpc) is 3.23. The van der Waals surface area contributed by atoms with Gasteiger partial charge in [-0.05, 0) is 25.1 Å². The van der Waals surface area contributed by atoms with Crippen LogP contribution in [0.5, 0.6) is 0 Å². The van der Waals surface area contributed by atoms with Gasteiger partial charge in [-0.1, -0.05) is 0 Å². The van der Waals surface area contributed by atoms with E-state index in [0.29, 0.717) is 27.5 Å². The molecule has 0 aliphatic heterocycles. The number of carbonyl (C=O) groups excluding carboxylic acids is 1. The summed E-state index contributed by atoms with van der Waals surface area (Å²) in [5.74, 6) is -0.944. The van der Waals surface area contributed by atoms with E-state index in [0.717, 1.165) is 5.69 Å². The van der Waals surface area contributed by atoms with Gasteiger partial charge in [0.05, 0.1) is 11.3 Å². The predicted octanol–water partition coefficient (Wildman–Crippen LogP) is 3.55. The Balaban J connectivity index is 1.81. The van der Waals surface area contributed by atoms with Crippen LogP contribution in [0, 0.1) is 12.9 Å². The molecule has 0 saturated carbocycles. The van der Waals surface area contributed by atoms with Gasteiger partial charge in [0.2, 0.25) is 5.95 Å². The van der Waals surface area contributed by atoms with Crippen LogP contribution >= 0.6 is 11.3 Å². The van der Waals surface area contributed by atoms with Gasteiger partial charge in [-0.15, -0.1) is 11.3 Å². The maximum atomic E-state index is 14.0. The van der Waals surface area contributed by atoms with Crippen molar-refractivity contribution in [2.45, 2.75) is 6.92 Å². The lowest BCUT2D eigenvalue weighted by molar-refractivity contribution is 0.102. The summed E-state index contributed by atoms with van der Waals surface area (Å²) in [7, 11) is 0. The van der Waals surface area contributed by atoms with Crippen molar-refractivity contribution in [3.05, 3.63) is 65.6 Å². The Labute approximate surface area is 146 Å². The molecule has 4 aromatic rings. The summed E-state index contributed by atoms with van der Waals surface area (Å²) < 4.78 is 15.7. The lowest BCUT2D eigenvalue weighted by Crippen LogP contribution is -2.13. The van der Waals surface area contributed by atoms with E-state index < -0.39 is 5.95 Å². The van der Waals surface area contributed by atoms with Crippen molar-refractivity contribution in [2.24, 2.45) is 0 Å². The summed E-state index contributed by atoms with van der Waals surface area (Å²) in [4.78, 5) is 24.8. The number of hydrogen-bond acceptors (Lipinski definition) is 5. The fourth-order valence-electron chi connectivity index (χ4n) is 2.52. The molecular formula is C17H12FN5OS. The third-order valence-corrected chi connectivity index (χ3v) is 4.52. The van der Waals surface area contributed by atoms with Gasteiger partial charge in [-0.25, -0.2) is 15.0 Å². The second kappa shape index (κ2) is 6.06. The fraction of sp³-hybridized carbons (Fsp3) is 0.0588. The number of anilines is 1. The van der Waals surface area contributed by atoms with Gasteiger partial charge in [0.25, 0.3) is 5.91 Å². The molecule has 4 rings (SSSR count). The molecule has 0 atom stereocenters. The minimum absolute atomic E-state index is 0.317. The highest BCUT2D eigenvalue weighted by Gasteiger charge is 2.17. The first-order chi connectivity index (χ1) is 12.1. The summed E-state index contributed by atoms with van der Waals surface area (Å²) in [6, 6.07) is 4.87. The second-order valence-electron chi connectivity index (χ2n) is 5.39. The van der Waals surface area contributed by atoms with Crippen LogP contribution in [0.25, 0.3) is 16.8 Å². The molecule has 0 saturated heterocycles. The van der Waals surface area contributed by atoms with Crippen molar-refractivity contribution in [2.75, 3.05) is 5.32 Å². The van der Waals surface area contributed by atoms with Crippen molar-refractivity contribution in [1.82, 2.24) is 19.4 Å². The lowest BCUT2D eigenvalue weighted by Gasteiger charge is -2.08. The molecule has 4 heterocycles. The number of fused-ring (bicyclic) bond motifs is 1. The van der Waals surface area contributed by atoms with E-state index in [1.807, 2.05) is 12.3 Å².